The van der Waals surface area contributed by atoms with Crippen molar-refractivity contribution in [3.05, 3.63) is 0 Å². The molecular weight excluding hydrogens is 954 g/mol. The second kappa shape index (κ2) is 149. The second-order valence-corrected chi connectivity index (χ2v) is 0. The van der Waals surface area contributed by atoms with Crippen LogP contribution in [0.4, 0.5) is 0 Å². The Bertz CT molecular complexity index is 27.5. The van der Waals surface area contributed by atoms with Crippen molar-refractivity contribution in [1.82, 2.24) is 0 Å². The van der Waals surface area contributed by atoms with Gasteiger partial charge in [0.1, 0.15) is 0 Å². The maximum atomic E-state index is 3.25. The van der Waals surface area contributed by atoms with Gasteiger partial charge in [-0.3, -0.25) is 0 Å². The van der Waals surface area contributed by atoms with Gasteiger partial charge in [-0.05, 0) is 0 Å². The van der Waals surface area contributed by atoms with Gasteiger partial charge in [0.25, 0.3) is 0 Å². The Morgan fingerprint density at radius 3 is 0.500 bits per heavy atom. The van der Waals surface area contributed by atoms with Crippen LogP contribution in [-0.4, -0.2) is 68.7 Å². The molecule has 2 nitrogen and oxygen atoms in total. The minimum Gasteiger partial charge on any atom is -1.00 e. The Balaban J connectivity index is -0.000000000500. The first-order valence-electron chi connectivity index (χ1n) is 1.41. The number of hydrogen-bond acceptors (Lipinski definition) is 0. The van der Waals surface area contributed by atoms with E-state index in [1.54, 1.807) is 14.1 Å². The molecule has 0 aliphatic carbocycles. The molecule has 0 rings (SSSR count). The molecule has 0 heterocycles. The third-order valence-corrected chi connectivity index (χ3v) is 0. The van der Waals surface area contributed by atoms with Crippen molar-refractivity contribution in [2.45, 2.75) is 0 Å². The molecule has 0 aromatic rings. The van der Waals surface area contributed by atoms with Crippen LogP contribution in [0, 0.1) is 0 Å². The van der Waals surface area contributed by atoms with Crippen LogP contribution in [0.3, 0.4) is 0 Å². The Hall–Kier alpha value is 4.82. The minimum atomic E-state index is 0. The summed E-state index contributed by atoms with van der Waals surface area (Å²) >= 11 is 0. The van der Waals surface area contributed by atoms with Gasteiger partial charge >= 0.3 is 54.6 Å². The summed E-state index contributed by atoms with van der Waals surface area (Å²) in [6.07, 6.45) is 0. The van der Waals surface area contributed by atoms with E-state index in [4.69, 9.17) is 0 Å². The normalized spacial score (nSPS) is 1.00. The summed E-state index contributed by atoms with van der Waals surface area (Å²) in [5, 5.41) is 0. The van der Waals surface area contributed by atoms with Crippen molar-refractivity contribution < 1.29 is 121 Å². The largest absolute Gasteiger partial charge is 2.00 e. The molecule has 10 heteroatoms. The fourth-order valence-electron chi connectivity index (χ4n) is 0. The maximum Gasteiger partial charge on any atom is 2.00 e. The first-order chi connectivity index (χ1) is 2.00. The molecule has 0 saturated carbocycles. The Morgan fingerprint density at radius 1 is 0.500 bits per heavy atom. The van der Waals surface area contributed by atoms with E-state index in [1.807, 2.05) is 0 Å². The van der Waals surface area contributed by atoms with Gasteiger partial charge in [0.05, 0.1) is 14.1 Å². The van der Waals surface area contributed by atoms with Gasteiger partial charge in [-0.25, -0.2) is 0 Å². The van der Waals surface area contributed by atoms with Crippen molar-refractivity contribution in [2.24, 2.45) is 0 Å². The van der Waals surface area contributed by atoms with Crippen molar-refractivity contribution in [2.75, 3.05) is 14.1 Å². The van der Waals surface area contributed by atoms with E-state index in [9.17, 15) is 0 Å². The molecule has 0 saturated heterocycles. The number of quaternary nitrogens is 2. The van der Waals surface area contributed by atoms with Gasteiger partial charge in [0.15, 0.2) is 0 Å². The molecule has 0 aliphatic rings. The van der Waals surface area contributed by atoms with Crippen molar-refractivity contribution in [3.63, 3.8) is 0 Å². The van der Waals surface area contributed by atoms with Crippen LogP contribution in [-0.2, 0) is 0 Å². The molecule has 0 unspecified atom stereocenters. The summed E-state index contributed by atoms with van der Waals surface area (Å²) in [6.45, 7) is 0. The van der Waals surface area contributed by atoms with E-state index in [0.29, 0.717) is 0 Å². The van der Waals surface area contributed by atoms with Crippen molar-refractivity contribution in [3.8, 4) is 0 Å². The maximum absolute atomic E-state index is 3.25. The van der Waals surface area contributed by atoms with Crippen molar-refractivity contribution >= 4 is 54.6 Å². The first-order valence-corrected chi connectivity index (χ1v) is 1.41. The van der Waals surface area contributed by atoms with Gasteiger partial charge < -0.3 is 121 Å². The van der Waals surface area contributed by atoms with Crippen LogP contribution in [0.25, 0.3) is 0 Å². The zero-order valence-corrected chi connectivity index (χ0v) is 23.2. The molecule has 0 spiro atoms. The Labute approximate surface area is 185 Å². The van der Waals surface area contributed by atoms with E-state index in [-0.39, 0.29) is 164 Å². The van der Waals surface area contributed by atoms with Crippen LogP contribution in [0.15, 0.2) is 0 Å². The summed E-state index contributed by atoms with van der Waals surface area (Å²) in [6, 6.07) is 0. The molecule has 80 valence electrons. The zero-order valence-electron chi connectivity index (χ0n) is 6.68. The first kappa shape index (κ1) is 90.5. The van der Waals surface area contributed by atoms with E-state index in [2.05, 4.69) is 11.5 Å². The number of halogens is 6. The smallest absolute Gasteiger partial charge is 1.00 e. The third-order valence-electron chi connectivity index (χ3n) is 0. The topological polar surface area (TPSA) is 55.3 Å². The molecule has 0 aromatic heterocycles. The molecular formula is C2H12Cl3I3N2Pb2. The molecule has 0 aromatic carbocycles. The average Bonchev–Trinajstić information content (AvgIpc) is 1.50. The van der Waals surface area contributed by atoms with Crippen LogP contribution in [0.5, 0.6) is 0 Å². The summed E-state index contributed by atoms with van der Waals surface area (Å²) in [5.41, 5.74) is 6.50. The Kier molecular flexibility index (Phi) is 1130. The second-order valence-electron chi connectivity index (χ2n) is 0. The van der Waals surface area contributed by atoms with Crippen LogP contribution in [0.2, 0.25) is 0 Å². The fraction of sp³-hybridized carbons (Fsp3) is 1.00. The van der Waals surface area contributed by atoms with E-state index < -0.39 is 0 Å². The monoisotopic (exact) mass is 966 g/mol. The van der Waals surface area contributed by atoms with Gasteiger partial charge in [-0.15, -0.1) is 0 Å². The molecule has 4 radical (unpaired) electrons. The summed E-state index contributed by atoms with van der Waals surface area (Å²) in [7, 11) is 3.50. The quantitative estimate of drug-likeness (QED) is 0.180. The molecule has 0 aliphatic heterocycles. The SMILES string of the molecule is C[NH3+].C[NH3+].[Cl-].[Cl-].[Cl-].[I-].[I-].[I-].[Pb+2].[Pb+2]. The predicted molar refractivity (Wildman–Crippen MR) is 29.1 cm³/mol. The molecule has 12 heavy (non-hydrogen) atoms. The molecule has 0 bridgehead atoms. The van der Waals surface area contributed by atoms with Gasteiger partial charge in [0.2, 0.25) is 0 Å². The van der Waals surface area contributed by atoms with Gasteiger partial charge in [0, 0.05) is 0 Å². The van der Waals surface area contributed by atoms with E-state index in [0.717, 1.165) is 0 Å². The molecule has 0 fully saturated rings. The summed E-state index contributed by atoms with van der Waals surface area (Å²) in [4.78, 5) is 0. The number of hydrogen-bond donors (Lipinski definition) is 2. The summed E-state index contributed by atoms with van der Waals surface area (Å²) < 4.78 is 0. The van der Waals surface area contributed by atoms with Crippen LogP contribution < -0.4 is 121 Å². The minimum absolute atomic E-state index is 0. The predicted octanol–water partition coefficient (Wildman–Crippen LogP) is -21.0. The average molecular weight is 966 g/mol. The third kappa shape index (κ3) is 122. The van der Waals surface area contributed by atoms with E-state index in [1.165, 1.54) is 0 Å². The van der Waals surface area contributed by atoms with Crippen LogP contribution in [0.1, 0.15) is 0 Å². The van der Waals surface area contributed by atoms with Gasteiger partial charge in [-0.1, -0.05) is 0 Å². The van der Waals surface area contributed by atoms with Gasteiger partial charge in [-0.2, -0.15) is 0 Å². The fourth-order valence-corrected chi connectivity index (χ4v) is 0. The number of rotatable bonds is 0. The standard InChI is InChI=1S/2CH5N.3ClH.3HI.2Pb/c2*1-2;;;;;;;;/h2*2H2,1H3;6*1H;;/q;;;;;;;;2*+2/p-4. The molecule has 0 amide bonds. The van der Waals surface area contributed by atoms with Crippen molar-refractivity contribution in [1.29, 1.82) is 0 Å². The zero-order chi connectivity index (χ0) is 4.00. The van der Waals surface area contributed by atoms with E-state index >= 15 is 0 Å². The van der Waals surface area contributed by atoms with Crippen LogP contribution >= 0.6 is 0 Å². The molecule has 0 atom stereocenters. The molecule has 6 N–H and O–H groups in total. The summed E-state index contributed by atoms with van der Waals surface area (Å²) in [5.74, 6) is 0. The Morgan fingerprint density at radius 2 is 0.500 bits per heavy atom.